The normalized spacial score (nSPS) is 11.5. The molecule has 0 saturated heterocycles. The zero-order valence-electron chi connectivity index (χ0n) is 8.99. The van der Waals surface area contributed by atoms with Gasteiger partial charge in [0.15, 0.2) is 0 Å². The summed E-state index contributed by atoms with van der Waals surface area (Å²) in [6.07, 6.45) is 0. The van der Waals surface area contributed by atoms with Crippen molar-refractivity contribution in [2.75, 3.05) is 12.4 Å². The Morgan fingerprint density at radius 2 is 1.42 bits per heavy atom. The maximum Gasteiger partial charge on any atom is 0.111 e. The Balaban J connectivity index is 0. The van der Waals surface area contributed by atoms with Crippen molar-refractivity contribution in [3.63, 3.8) is 0 Å². The molecule has 12 heavy (non-hydrogen) atoms. The van der Waals surface area contributed by atoms with Crippen molar-refractivity contribution in [3.05, 3.63) is 0 Å². The molecular weight excluding hydrogens is 225 g/mol. The average Bonchev–Trinajstić information content (AvgIpc) is 1.85. The van der Waals surface area contributed by atoms with Crippen LogP contribution in [0.4, 0.5) is 0 Å². The van der Waals surface area contributed by atoms with Crippen LogP contribution in [0.25, 0.3) is 0 Å². The summed E-state index contributed by atoms with van der Waals surface area (Å²) in [5.74, 6) is 0. The first-order chi connectivity index (χ1) is 5.27. The molecule has 0 aromatic carbocycles. The Hall–Kier alpha value is 0.974. The summed E-state index contributed by atoms with van der Waals surface area (Å²) >= 11 is 9.53. The number of hydrogen-bond donors (Lipinski definition) is 0. The van der Waals surface area contributed by atoms with Crippen LogP contribution in [0.15, 0.2) is 0 Å². The topological polar surface area (TPSA) is 3.24 Å². The van der Waals surface area contributed by atoms with Gasteiger partial charge in [0.05, 0.1) is 14.3 Å². The van der Waals surface area contributed by atoms with Crippen LogP contribution in [-0.4, -0.2) is 33.8 Å². The number of alkyl halides is 2. The van der Waals surface area contributed by atoms with E-state index in [1.807, 2.05) is 0 Å². The summed E-state index contributed by atoms with van der Waals surface area (Å²) in [7, 11) is 0.858. The molecule has 0 N–H and O–H groups in total. The van der Waals surface area contributed by atoms with E-state index in [1.54, 1.807) is 0 Å². The number of rotatable bonds is 2. The van der Waals surface area contributed by atoms with Gasteiger partial charge in [0, 0.05) is 0 Å². The quantitative estimate of drug-likeness (QED) is 0.534. The van der Waals surface area contributed by atoms with Crippen molar-refractivity contribution in [1.29, 1.82) is 0 Å². The van der Waals surface area contributed by atoms with Gasteiger partial charge in [0.2, 0.25) is 0 Å². The van der Waals surface area contributed by atoms with Crippen molar-refractivity contribution in [3.8, 4) is 0 Å². The van der Waals surface area contributed by atoms with E-state index in [9.17, 15) is 0 Å². The molecule has 0 atom stereocenters. The largest absolute Gasteiger partial charge is 0.351 e. The standard InChI is InChI=1S/C6H19NSi2.CH2Cl2/c1-7(8(2)3)9(4,5)6;2-1-3/h8H,1-6H3;1H2. The molecule has 0 heterocycles. The minimum atomic E-state index is -0.929. The van der Waals surface area contributed by atoms with E-state index < -0.39 is 17.2 Å². The molecule has 0 aliphatic rings. The average molecular weight is 246 g/mol. The predicted molar refractivity (Wildman–Crippen MR) is 66.6 cm³/mol. The molecule has 0 rings (SSSR count). The van der Waals surface area contributed by atoms with Gasteiger partial charge in [-0.05, 0) is 7.05 Å². The number of hydrogen-bond acceptors (Lipinski definition) is 1. The first kappa shape index (κ1) is 15.4. The summed E-state index contributed by atoms with van der Waals surface area (Å²) in [5, 5.41) is 0.194. The lowest BCUT2D eigenvalue weighted by atomic mass is 11.6. The van der Waals surface area contributed by atoms with Gasteiger partial charge in [0.1, 0.15) is 8.24 Å². The van der Waals surface area contributed by atoms with E-state index in [1.165, 1.54) is 0 Å². The van der Waals surface area contributed by atoms with Crippen molar-refractivity contribution in [1.82, 2.24) is 4.23 Å². The van der Waals surface area contributed by atoms with Crippen LogP contribution in [-0.2, 0) is 0 Å². The highest BCUT2D eigenvalue weighted by Gasteiger charge is 2.21. The van der Waals surface area contributed by atoms with Crippen molar-refractivity contribution in [2.45, 2.75) is 32.7 Å². The van der Waals surface area contributed by atoms with E-state index in [0.717, 1.165) is 0 Å². The number of nitrogens with zero attached hydrogens (tertiary/aromatic N) is 1. The monoisotopic (exact) mass is 245 g/mol. The third-order valence-electron chi connectivity index (χ3n) is 1.83. The molecule has 0 bridgehead atoms. The van der Waals surface area contributed by atoms with E-state index >= 15 is 0 Å². The smallest absolute Gasteiger partial charge is 0.111 e. The fraction of sp³-hybridized carbons (Fsp3) is 1.00. The van der Waals surface area contributed by atoms with Crippen LogP contribution in [0.3, 0.4) is 0 Å². The number of halogens is 2. The summed E-state index contributed by atoms with van der Waals surface area (Å²) < 4.78 is 2.63. The Morgan fingerprint density at radius 3 is 1.42 bits per heavy atom. The molecule has 5 heteroatoms. The Bertz CT molecular complexity index is 104. The molecule has 0 aromatic rings. The van der Waals surface area contributed by atoms with Gasteiger partial charge in [-0.2, -0.15) is 0 Å². The summed E-state index contributed by atoms with van der Waals surface area (Å²) in [4.78, 5) is 0. The van der Waals surface area contributed by atoms with Gasteiger partial charge < -0.3 is 4.23 Å². The van der Waals surface area contributed by atoms with Gasteiger partial charge in [-0.25, -0.2) is 0 Å². The van der Waals surface area contributed by atoms with Gasteiger partial charge in [-0.3, -0.25) is 0 Å². The Labute approximate surface area is 89.8 Å². The zero-order valence-corrected chi connectivity index (χ0v) is 12.7. The molecule has 0 spiro atoms. The summed E-state index contributed by atoms with van der Waals surface area (Å²) in [5.41, 5.74) is 0. The minimum absolute atomic E-state index is 0.194. The maximum absolute atomic E-state index is 4.76. The van der Waals surface area contributed by atoms with Gasteiger partial charge in [-0.1, -0.05) is 32.7 Å². The minimum Gasteiger partial charge on any atom is -0.351 e. The lowest BCUT2D eigenvalue weighted by Crippen LogP contribution is -2.49. The van der Waals surface area contributed by atoms with Crippen LogP contribution >= 0.6 is 23.2 Å². The fourth-order valence-electron chi connectivity index (χ4n) is 0.775. The molecule has 0 aromatic heterocycles. The molecule has 76 valence electrons. The molecule has 1 nitrogen and oxygen atoms in total. The van der Waals surface area contributed by atoms with Crippen molar-refractivity contribution >= 4 is 40.4 Å². The molecule has 0 aliphatic carbocycles. The highest BCUT2D eigenvalue weighted by Crippen LogP contribution is 2.07. The maximum atomic E-state index is 4.76. The molecular formula is C7H21Cl2NSi2. The van der Waals surface area contributed by atoms with E-state index in [0.29, 0.717) is 0 Å². The highest BCUT2D eigenvalue weighted by atomic mass is 35.5. The van der Waals surface area contributed by atoms with Crippen LogP contribution in [0, 0.1) is 0 Å². The van der Waals surface area contributed by atoms with E-state index in [4.69, 9.17) is 23.2 Å². The van der Waals surface area contributed by atoms with Gasteiger partial charge in [-0.15, -0.1) is 23.2 Å². The third kappa shape index (κ3) is 9.06. The zero-order chi connectivity index (χ0) is 10.4. The molecule has 0 fully saturated rings. The predicted octanol–water partition coefficient (Wildman–Crippen LogP) is 3.16. The van der Waals surface area contributed by atoms with Crippen LogP contribution in [0.2, 0.25) is 32.7 Å². The van der Waals surface area contributed by atoms with Crippen LogP contribution in [0.5, 0.6) is 0 Å². The SMILES string of the molecule is CN([SiH](C)C)[Si](C)(C)C.ClCCl. The van der Waals surface area contributed by atoms with Gasteiger partial charge >= 0.3 is 0 Å². The Kier molecular flexibility index (Phi) is 9.50. The summed E-state index contributed by atoms with van der Waals surface area (Å²) in [6.45, 7) is 12.0. The van der Waals surface area contributed by atoms with E-state index in [-0.39, 0.29) is 5.34 Å². The van der Waals surface area contributed by atoms with Crippen molar-refractivity contribution < 1.29 is 0 Å². The van der Waals surface area contributed by atoms with Crippen molar-refractivity contribution in [2.24, 2.45) is 0 Å². The lowest BCUT2D eigenvalue weighted by Gasteiger charge is -2.33. The molecule has 0 aliphatic heterocycles. The fourth-order valence-corrected chi connectivity index (χ4v) is 6.97. The second-order valence-corrected chi connectivity index (χ2v) is 13.3. The Morgan fingerprint density at radius 1 is 1.17 bits per heavy atom. The second-order valence-electron chi connectivity index (χ2n) is 3.98. The lowest BCUT2D eigenvalue weighted by molar-refractivity contribution is 0.784. The summed E-state index contributed by atoms with van der Waals surface area (Å²) in [6, 6.07) is 0. The highest BCUT2D eigenvalue weighted by molar-refractivity contribution is 6.82. The second kappa shape index (κ2) is 7.38. The van der Waals surface area contributed by atoms with E-state index in [2.05, 4.69) is 44.0 Å². The first-order valence-corrected chi connectivity index (χ1v) is 11.5. The molecule has 0 saturated carbocycles. The van der Waals surface area contributed by atoms with Crippen LogP contribution in [0.1, 0.15) is 0 Å². The molecule has 0 amide bonds. The molecule has 0 radical (unpaired) electrons. The third-order valence-corrected chi connectivity index (χ3v) is 9.37. The molecule has 0 unspecified atom stereocenters. The van der Waals surface area contributed by atoms with Gasteiger partial charge in [0.25, 0.3) is 0 Å². The first-order valence-electron chi connectivity index (χ1n) is 4.12. The van der Waals surface area contributed by atoms with Crippen LogP contribution < -0.4 is 0 Å².